The van der Waals surface area contributed by atoms with Crippen LogP contribution in [0.3, 0.4) is 0 Å². The van der Waals surface area contributed by atoms with Crippen molar-refractivity contribution in [1.82, 2.24) is 9.61 Å². The Morgan fingerprint density at radius 2 is 2.08 bits per heavy atom. The fraction of sp³-hybridized carbons (Fsp3) is 0.579. The molecule has 0 radical (unpaired) electrons. The van der Waals surface area contributed by atoms with E-state index in [0.29, 0.717) is 23.3 Å². The summed E-state index contributed by atoms with van der Waals surface area (Å²) in [6.45, 7) is -0.521. The number of ketones is 1. The topological polar surface area (TPSA) is 86.9 Å². The van der Waals surface area contributed by atoms with Crippen LogP contribution in [0.4, 0.5) is 5.69 Å². The zero-order chi connectivity index (χ0) is 17.2. The van der Waals surface area contributed by atoms with E-state index in [1.165, 1.54) is 6.20 Å². The maximum atomic E-state index is 12.2. The van der Waals surface area contributed by atoms with Gasteiger partial charge in [0, 0.05) is 12.2 Å². The largest absolute Gasteiger partial charge is 0.390 e. The summed E-state index contributed by atoms with van der Waals surface area (Å²) >= 11 is 0. The molecule has 3 N–H and O–H groups in total. The number of Topliss-reactive ketones (excluding diaryl/α,β-unsaturated/α-hetero) is 1. The number of carbonyl (C=O) groups is 1. The molecule has 0 spiro atoms. The van der Waals surface area contributed by atoms with Gasteiger partial charge in [-0.3, -0.25) is 4.79 Å². The van der Waals surface area contributed by atoms with Gasteiger partial charge in [0.1, 0.15) is 6.61 Å². The molecule has 6 rings (SSSR count). The summed E-state index contributed by atoms with van der Waals surface area (Å²) in [5, 5.41) is 28.0. The van der Waals surface area contributed by atoms with Crippen molar-refractivity contribution < 1.29 is 15.0 Å². The van der Waals surface area contributed by atoms with Gasteiger partial charge in [-0.25, -0.2) is 4.52 Å². The minimum Gasteiger partial charge on any atom is -0.390 e. The zero-order valence-electron chi connectivity index (χ0n) is 14.1. The normalized spacial score (nSPS) is 36.1. The SMILES string of the molecule is O=C(CO)c1cnn2cccc2c1NC1[C@H]2CC3C[C@H]1CC(O)(C3)C2. The molecule has 0 aliphatic heterocycles. The summed E-state index contributed by atoms with van der Waals surface area (Å²) in [5.74, 6) is 1.21. The molecule has 0 amide bonds. The Labute approximate surface area is 145 Å². The predicted molar refractivity (Wildman–Crippen MR) is 92.5 cm³/mol. The minimum absolute atomic E-state index is 0.267. The van der Waals surface area contributed by atoms with Crippen molar-refractivity contribution in [2.24, 2.45) is 17.8 Å². The molecule has 4 aliphatic rings. The number of aliphatic hydroxyl groups is 2. The zero-order valence-corrected chi connectivity index (χ0v) is 14.1. The number of hydrogen-bond acceptors (Lipinski definition) is 5. The quantitative estimate of drug-likeness (QED) is 0.739. The van der Waals surface area contributed by atoms with Crippen LogP contribution in [0, 0.1) is 17.8 Å². The highest BCUT2D eigenvalue weighted by atomic mass is 16.3. The molecular weight excluding hydrogens is 318 g/mol. The number of hydrogen-bond donors (Lipinski definition) is 3. The number of aromatic nitrogens is 2. The number of carbonyl (C=O) groups excluding carboxylic acids is 1. The Morgan fingerprint density at radius 3 is 2.76 bits per heavy atom. The van der Waals surface area contributed by atoms with E-state index in [9.17, 15) is 15.0 Å². The number of fused-ring (bicyclic) bond motifs is 1. The molecule has 4 aliphatic carbocycles. The lowest BCUT2D eigenvalue weighted by Gasteiger charge is -2.58. The van der Waals surface area contributed by atoms with Crippen molar-refractivity contribution in [3.8, 4) is 0 Å². The molecule has 2 heterocycles. The predicted octanol–water partition coefficient (Wildman–Crippen LogP) is 1.86. The molecule has 4 bridgehead atoms. The van der Waals surface area contributed by atoms with Crippen molar-refractivity contribution >= 4 is 17.0 Å². The lowest BCUT2D eigenvalue weighted by molar-refractivity contribution is -0.129. The summed E-state index contributed by atoms with van der Waals surface area (Å²) in [5.41, 5.74) is 1.60. The van der Waals surface area contributed by atoms with Crippen LogP contribution >= 0.6 is 0 Å². The van der Waals surface area contributed by atoms with Crippen LogP contribution in [-0.4, -0.2) is 43.9 Å². The van der Waals surface area contributed by atoms with E-state index in [-0.39, 0.29) is 11.8 Å². The van der Waals surface area contributed by atoms with Crippen LogP contribution in [0.25, 0.3) is 5.52 Å². The van der Waals surface area contributed by atoms with Gasteiger partial charge in [-0.15, -0.1) is 0 Å². The van der Waals surface area contributed by atoms with Crippen molar-refractivity contribution in [1.29, 1.82) is 0 Å². The summed E-state index contributed by atoms with van der Waals surface area (Å²) < 4.78 is 1.75. The molecule has 2 aromatic heterocycles. The first kappa shape index (κ1) is 15.3. The molecule has 2 aromatic rings. The van der Waals surface area contributed by atoms with Crippen LogP contribution in [-0.2, 0) is 0 Å². The fourth-order valence-corrected chi connectivity index (χ4v) is 5.83. The molecule has 4 saturated carbocycles. The maximum Gasteiger partial charge on any atom is 0.191 e. The second-order valence-corrected chi connectivity index (χ2v) is 8.22. The van der Waals surface area contributed by atoms with Gasteiger partial charge in [-0.05, 0) is 62.0 Å². The molecule has 0 unspecified atom stereocenters. The number of anilines is 1. The first-order valence-corrected chi connectivity index (χ1v) is 9.16. The van der Waals surface area contributed by atoms with Gasteiger partial charge in [0.25, 0.3) is 0 Å². The molecule has 6 heteroatoms. The maximum absolute atomic E-state index is 12.2. The average molecular weight is 341 g/mol. The van der Waals surface area contributed by atoms with Crippen LogP contribution < -0.4 is 5.32 Å². The molecular formula is C19H23N3O3. The Hall–Kier alpha value is -1.92. The fourth-order valence-electron chi connectivity index (χ4n) is 5.83. The van der Waals surface area contributed by atoms with Gasteiger partial charge in [-0.2, -0.15) is 5.10 Å². The van der Waals surface area contributed by atoms with Crippen molar-refractivity contribution in [2.75, 3.05) is 11.9 Å². The van der Waals surface area contributed by atoms with Crippen molar-refractivity contribution in [2.45, 2.75) is 43.7 Å². The Balaban J connectivity index is 1.54. The Bertz CT molecular complexity index is 830. The number of nitrogens with zero attached hydrogens (tertiary/aromatic N) is 2. The van der Waals surface area contributed by atoms with Crippen LogP contribution in [0.15, 0.2) is 24.5 Å². The van der Waals surface area contributed by atoms with Crippen LogP contribution in [0.1, 0.15) is 42.5 Å². The smallest absolute Gasteiger partial charge is 0.191 e. The van der Waals surface area contributed by atoms with E-state index in [0.717, 1.165) is 43.3 Å². The number of nitrogens with one attached hydrogen (secondary N) is 1. The van der Waals surface area contributed by atoms with Crippen LogP contribution in [0.5, 0.6) is 0 Å². The minimum atomic E-state index is -0.521. The molecule has 25 heavy (non-hydrogen) atoms. The lowest BCUT2D eigenvalue weighted by atomic mass is 9.52. The lowest BCUT2D eigenvalue weighted by Crippen LogP contribution is -2.59. The molecule has 132 valence electrons. The van der Waals surface area contributed by atoms with Gasteiger partial charge >= 0.3 is 0 Å². The second-order valence-electron chi connectivity index (χ2n) is 8.22. The third-order valence-electron chi connectivity index (χ3n) is 6.56. The highest BCUT2D eigenvalue weighted by Gasteiger charge is 2.54. The van der Waals surface area contributed by atoms with Crippen molar-refractivity contribution in [3.63, 3.8) is 0 Å². The second kappa shape index (κ2) is 5.29. The molecule has 0 aromatic carbocycles. The van der Waals surface area contributed by atoms with E-state index < -0.39 is 12.2 Å². The van der Waals surface area contributed by atoms with Gasteiger partial charge in [0.2, 0.25) is 0 Å². The molecule has 6 nitrogen and oxygen atoms in total. The molecule has 4 fully saturated rings. The first-order chi connectivity index (χ1) is 12.1. The third-order valence-corrected chi connectivity index (χ3v) is 6.56. The van der Waals surface area contributed by atoms with Gasteiger partial charge in [0.15, 0.2) is 5.78 Å². The van der Waals surface area contributed by atoms with E-state index in [1.807, 2.05) is 18.3 Å². The highest BCUT2D eigenvalue weighted by molar-refractivity contribution is 6.04. The average Bonchev–Trinajstić information content (AvgIpc) is 3.04. The van der Waals surface area contributed by atoms with E-state index in [2.05, 4.69) is 10.4 Å². The van der Waals surface area contributed by atoms with Gasteiger partial charge in [-0.1, -0.05) is 0 Å². The standard InChI is InChI=1S/C19H23N3O3/c23-10-16(24)14-9-20-22-3-1-2-15(22)18(14)21-17-12-4-11-5-13(17)8-19(25,6-11)7-12/h1-3,9,11-13,17,21,23,25H,4-8,10H2/t11?,12-,13-,17?,19?/m0/s1. The van der Waals surface area contributed by atoms with E-state index in [4.69, 9.17) is 0 Å². The van der Waals surface area contributed by atoms with Crippen molar-refractivity contribution in [3.05, 3.63) is 30.1 Å². The van der Waals surface area contributed by atoms with E-state index >= 15 is 0 Å². The Morgan fingerprint density at radius 1 is 1.32 bits per heavy atom. The Kier molecular flexibility index (Phi) is 3.24. The summed E-state index contributed by atoms with van der Waals surface area (Å²) in [4.78, 5) is 12.2. The number of rotatable bonds is 4. The third kappa shape index (κ3) is 2.31. The van der Waals surface area contributed by atoms with Gasteiger partial charge < -0.3 is 15.5 Å². The highest BCUT2D eigenvalue weighted by Crippen LogP contribution is 2.56. The molecule has 2 atom stereocenters. The van der Waals surface area contributed by atoms with Crippen LogP contribution in [0.2, 0.25) is 0 Å². The summed E-state index contributed by atoms with van der Waals surface area (Å²) in [7, 11) is 0. The summed E-state index contributed by atoms with van der Waals surface area (Å²) in [6, 6.07) is 4.11. The molecule has 0 saturated heterocycles. The number of aliphatic hydroxyl groups excluding tert-OH is 1. The monoisotopic (exact) mass is 341 g/mol. The summed E-state index contributed by atoms with van der Waals surface area (Å²) in [6.07, 6.45) is 8.36. The first-order valence-electron chi connectivity index (χ1n) is 9.16. The van der Waals surface area contributed by atoms with Gasteiger partial charge in [0.05, 0.1) is 28.6 Å². The van der Waals surface area contributed by atoms with E-state index in [1.54, 1.807) is 4.52 Å².